The highest BCUT2D eigenvalue weighted by Crippen LogP contribution is 2.24. The summed E-state index contributed by atoms with van der Waals surface area (Å²) in [6.45, 7) is 6.41. The van der Waals surface area contributed by atoms with Gasteiger partial charge in [0.2, 0.25) is 0 Å². The molecular weight excluding hydrogens is 280 g/mol. The van der Waals surface area contributed by atoms with Crippen LogP contribution in [-0.2, 0) is 0 Å². The molecule has 1 aliphatic heterocycles. The molecule has 1 atom stereocenters. The Morgan fingerprint density at radius 1 is 1.26 bits per heavy atom. The van der Waals surface area contributed by atoms with Crippen molar-refractivity contribution in [2.45, 2.75) is 17.9 Å². The highest BCUT2D eigenvalue weighted by Gasteiger charge is 2.21. The Hall–Kier alpha value is -0.260. The Balaban J connectivity index is 0.00000180. The molecule has 19 heavy (non-hydrogen) atoms. The van der Waals surface area contributed by atoms with E-state index in [9.17, 15) is 5.11 Å². The predicted octanol–water partition coefficient (Wildman–Crippen LogP) is 2.16. The zero-order chi connectivity index (χ0) is 12.8. The second kappa shape index (κ2) is 8.82. The summed E-state index contributed by atoms with van der Waals surface area (Å²) in [5, 5.41) is 13.0. The first-order valence-corrected chi connectivity index (χ1v) is 7.62. The van der Waals surface area contributed by atoms with E-state index in [1.54, 1.807) is 0 Å². The fraction of sp³-hybridized carbons (Fsp3) is 0.571. The number of nitrogens with one attached hydrogen (secondary N) is 1. The lowest BCUT2D eigenvalue weighted by molar-refractivity contribution is 0.111. The van der Waals surface area contributed by atoms with Crippen molar-refractivity contribution >= 4 is 24.2 Å². The summed E-state index contributed by atoms with van der Waals surface area (Å²) in [6.07, 6.45) is 0. The molecule has 1 saturated heterocycles. The second-order valence-corrected chi connectivity index (χ2v) is 5.82. The molecule has 0 aromatic heterocycles. The van der Waals surface area contributed by atoms with Crippen LogP contribution in [0, 0.1) is 0 Å². The minimum atomic E-state index is 0. The lowest BCUT2D eigenvalue weighted by atomic mass is 10.1. The molecule has 2 N–H and O–H groups in total. The quantitative estimate of drug-likeness (QED) is 0.817. The lowest BCUT2D eigenvalue weighted by Gasteiger charge is -2.34. The SMILES string of the molecule is CCSc1ccc([C@H](CO)N2CCNCC2)cc1.Cl. The molecule has 0 bridgehead atoms. The summed E-state index contributed by atoms with van der Waals surface area (Å²) >= 11 is 1.85. The maximum atomic E-state index is 9.64. The van der Waals surface area contributed by atoms with Gasteiger partial charge in [-0.05, 0) is 23.4 Å². The van der Waals surface area contributed by atoms with Crippen LogP contribution in [0.2, 0.25) is 0 Å². The zero-order valence-corrected chi connectivity index (χ0v) is 13.0. The van der Waals surface area contributed by atoms with Gasteiger partial charge in [-0.25, -0.2) is 0 Å². The summed E-state index contributed by atoms with van der Waals surface area (Å²) in [5.41, 5.74) is 1.22. The average Bonchev–Trinajstić information content (AvgIpc) is 2.43. The molecule has 0 amide bonds. The third-order valence-corrected chi connectivity index (χ3v) is 4.24. The normalized spacial score (nSPS) is 17.8. The van der Waals surface area contributed by atoms with Crippen LogP contribution in [0.15, 0.2) is 29.2 Å². The molecule has 1 aliphatic rings. The Labute approximate surface area is 126 Å². The van der Waals surface area contributed by atoms with Gasteiger partial charge in [0.15, 0.2) is 0 Å². The Morgan fingerprint density at radius 3 is 2.42 bits per heavy atom. The minimum Gasteiger partial charge on any atom is -0.394 e. The van der Waals surface area contributed by atoms with Crippen molar-refractivity contribution in [2.24, 2.45) is 0 Å². The van der Waals surface area contributed by atoms with Gasteiger partial charge >= 0.3 is 0 Å². The van der Waals surface area contributed by atoms with Gasteiger partial charge in [0.25, 0.3) is 0 Å². The van der Waals surface area contributed by atoms with Crippen molar-refractivity contribution in [3.8, 4) is 0 Å². The van der Waals surface area contributed by atoms with Crippen LogP contribution in [0.4, 0.5) is 0 Å². The van der Waals surface area contributed by atoms with E-state index in [4.69, 9.17) is 0 Å². The largest absolute Gasteiger partial charge is 0.394 e. The lowest BCUT2D eigenvalue weighted by Crippen LogP contribution is -2.46. The Kier molecular flexibility index (Phi) is 7.80. The minimum absolute atomic E-state index is 0. The third kappa shape index (κ3) is 4.65. The number of thioether (sulfide) groups is 1. The maximum Gasteiger partial charge on any atom is 0.0628 e. The first-order valence-electron chi connectivity index (χ1n) is 6.63. The first-order chi connectivity index (χ1) is 8.85. The highest BCUT2D eigenvalue weighted by molar-refractivity contribution is 7.99. The van der Waals surface area contributed by atoms with Crippen molar-refractivity contribution < 1.29 is 5.11 Å². The standard InChI is InChI=1S/C14H22N2OS.ClH/c1-2-18-13-5-3-12(4-6-13)14(11-17)16-9-7-15-8-10-16;/h3-6,14-15,17H,2,7-11H2,1H3;1H/t14-;/m0./s1. The molecule has 5 heteroatoms. The average molecular weight is 303 g/mol. The van der Waals surface area contributed by atoms with Crippen molar-refractivity contribution in [3.63, 3.8) is 0 Å². The zero-order valence-electron chi connectivity index (χ0n) is 11.3. The van der Waals surface area contributed by atoms with Crippen LogP contribution in [0.25, 0.3) is 0 Å². The highest BCUT2D eigenvalue weighted by atomic mass is 35.5. The van der Waals surface area contributed by atoms with Gasteiger partial charge in [-0.15, -0.1) is 24.2 Å². The molecule has 108 valence electrons. The fourth-order valence-corrected chi connectivity index (χ4v) is 3.04. The van der Waals surface area contributed by atoms with Crippen LogP contribution in [-0.4, -0.2) is 48.5 Å². The smallest absolute Gasteiger partial charge is 0.0628 e. The molecule has 3 nitrogen and oxygen atoms in total. The predicted molar refractivity (Wildman–Crippen MR) is 84.4 cm³/mol. The topological polar surface area (TPSA) is 35.5 Å². The van der Waals surface area contributed by atoms with Gasteiger partial charge in [0.1, 0.15) is 0 Å². The first kappa shape index (κ1) is 16.8. The van der Waals surface area contributed by atoms with Gasteiger partial charge in [0.05, 0.1) is 12.6 Å². The third-order valence-electron chi connectivity index (χ3n) is 3.34. The number of halogens is 1. The summed E-state index contributed by atoms with van der Waals surface area (Å²) in [7, 11) is 0. The summed E-state index contributed by atoms with van der Waals surface area (Å²) in [6, 6.07) is 8.78. The van der Waals surface area contributed by atoms with Crippen LogP contribution < -0.4 is 5.32 Å². The number of aliphatic hydroxyl groups is 1. The summed E-state index contributed by atoms with van der Waals surface area (Å²) in [5.74, 6) is 1.10. The number of nitrogens with zero attached hydrogens (tertiary/aromatic N) is 1. The van der Waals surface area contributed by atoms with E-state index in [-0.39, 0.29) is 25.1 Å². The molecule has 1 fully saturated rings. The van der Waals surface area contributed by atoms with Gasteiger partial charge in [-0.2, -0.15) is 0 Å². The van der Waals surface area contributed by atoms with E-state index in [1.165, 1.54) is 10.5 Å². The maximum absolute atomic E-state index is 9.64. The molecule has 0 unspecified atom stereocenters. The molecule has 1 heterocycles. The number of benzene rings is 1. The molecule has 1 aromatic rings. The number of hydrogen-bond acceptors (Lipinski definition) is 4. The fourth-order valence-electron chi connectivity index (χ4n) is 2.38. The van der Waals surface area contributed by atoms with Gasteiger partial charge < -0.3 is 10.4 Å². The summed E-state index contributed by atoms with van der Waals surface area (Å²) in [4.78, 5) is 3.66. The summed E-state index contributed by atoms with van der Waals surface area (Å²) < 4.78 is 0. The van der Waals surface area contributed by atoms with Gasteiger partial charge in [-0.3, -0.25) is 4.90 Å². The Bertz CT molecular complexity index is 355. The van der Waals surface area contributed by atoms with E-state index >= 15 is 0 Å². The molecule has 1 aromatic carbocycles. The van der Waals surface area contributed by atoms with Crippen LogP contribution in [0.3, 0.4) is 0 Å². The Morgan fingerprint density at radius 2 is 1.89 bits per heavy atom. The molecule has 0 radical (unpaired) electrons. The molecule has 0 aliphatic carbocycles. The van der Waals surface area contributed by atoms with E-state index in [0.29, 0.717) is 0 Å². The second-order valence-electron chi connectivity index (χ2n) is 4.49. The van der Waals surface area contributed by atoms with E-state index in [1.807, 2.05) is 11.8 Å². The molecular formula is C14H23ClN2OS. The van der Waals surface area contributed by atoms with Crippen molar-refractivity contribution in [3.05, 3.63) is 29.8 Å². The van der Waals surface area contributed by atoms with Gasteiger partial charge in [0, 0.05) is 31.1 Å². The van der Waals surface area contributed by atoms with E-state index in [2.05, 4.69) is 41.4 Å². The molecule has 0 spiro atoms. The van der Waals surface area contributed by atoms with E-state index < -0.39 is 0 Å². The van der Waals surface area contributed by atoms with Crippen LogP contribution in [0.5, 0.6) is 0 Å². The van der Waals surface area contributed by atoms with Crippen molar-refractivity contribution in [1.82, 2.24) is 10.2 Å². The number of hydrogen-bond donors (Lipinski definition) is 2. The van der Waals surface area contributed by atoms with E-state index in [0.717, 1.165) is 31.9 Å². The number of aliphatic hydroxyl groups excluding tert-OH is 1. The van der Waals surface area contributed by atoms with Crippen molar-refractivity contribution in [1.29, 1.82) is 0 Å². The van der Waals surface area contributed by atoms with Crippen molar-refractivity contribution in [2.75, 3.05) is 38.5 Å². The molecule has 2 rings (SSSR count). The van der Waals surface area contributed by atoms with Crippen LogP contribution >= 0.6 is 24.2 Å². The van der Waals surface area contributed by atoms with Gasteiger partial charge in [-0.1, -0.05) is 19.1 Å². The monoisotopic (exact) mass is 302 g/mol. The number of piperazine rings is 1. The number of rotatable bonds is 5. The molecule has 0 saturated carbocycles. The van der Waals surface area contributed by atoms with Crippen LogP contribution in [0.1, 0.15) is 18.5 Å².